The van der Waals surface area contributed by atoms with E-state index in [1.165, 1.54) is 28.4 Å². The lowest BCUT2D eigenvalue weighted by Gasteiger charge is -2.65. The standard InChI is InChI=1S/C37H48O8P2/c1-29-26-34(2,3)28-35(27-29,36(46(38,40-4)41-5)22-18-32(19-23-36)44-30-14-10-8-11-15-30)37(47(39,42-6)43-7)24-20-33(21-25-37)45-31-16-12-9-13-17-31/h8-22,24,29H,23,25-28H2,1-7H3. The lowest BCUT2D eigenvalue weighted by molar-refractivity contribution is -0.0166. The van der Waals surface area contributed by atoms with Crippen LogP contribution in [0, 0.1) is 16.7 Å². The summed E-state index contributed by atoms with van der Waals surface area (Å²) in [7, 11) is -2.29. The summed E-state index contributed by atoms with van der Waals surface area (Å²) in [6.07, 6.45) is 13.9. The van der Waals surface area contributed by atoms with Crippen LogP contribution in [-0.4, -0.2) is 38.8 Å². The number of hydrogen-bond donors (Lipinski definition) is 0. The molecule has 0 bridgehead atoms. The topological polar surface area (TPSA) is 89.5 Å². The molecule has 0 radical (unpaired) electrons. The molecule has 3 atom stereocenters. The maximum atomic E-state index is 15.3. The molecule has 8 nitrogen and oxygen atoms in total. The quantitative estimate of drug-likeness (QED) is 0.204. The van der Waals surface area contributed by atoms with Crippen molar-refractivity contribution in [3.05, 3.63) is 109 Å². The summed E-state index contributed by atoms with van der Waals surface area (Å²) in [5.41, 5.74) is -1.27. The van der Waals surface area contributed by atoms with E-state index in [1.807, 2.05) is 97.1 Å². The number of para-hydroxylation sites is 2. The van der Waals surface area contributed by atoms with Crippen molar-refractivity contribution in [1.29, 1.82) is 0 Å². The first-order chi connectivity index (χ1) is 22.4. The molecular formula is C37H48O8P2. The minimum Gasteiger partial charge on any atom is -0.458 e. The minimum atomic E-state index is -3.99. The molecule has 3 unspecified atom stereocenters. The highest BCUT2D eigenvalue weighted by Crippen LogP contribution is 2.82. The zero-order valence-electron chi connectivity index (χ0n) is 28.5. The van der Waals surface area contributed by atoms with Gasteiger partial charge >= 0.3 is 15.2 Å². The Hall–Kier alpha value is -2.70. The molecule has 2 aromatic rings. The number of ether oxygens (including phenoxy) is 2. The molecule has 3 aliphatic rings. The highest BCUT2D eigenvalue weighted by Gasteiger charge is 2.75. The molecule has 1 fully saturated rings. The first-order valence-electron chi connectivity index (χ1n) is 16.0. The van der Waals surface area contributed by atoms with Gasteiger partial charge in [0.05, 0.1) is 0 Å². The van der Waals surface area contributed by atoms with Crippen LogP contribution in [0.3, 0.4) is 0 Å². The molecule has 0 N–H and O–H groups in total. The van der Waals surface area contributed by atoms with Gasteiger partial charge in [0.2, 0.25) is 0 Å². The van der Waals surface area contributed by atoms with Gasteiger partial charge in [0.25, 0.3) is 0 Å². The van der Waals surface area contributed by atoms with E-state index in [2.05, 4.69) is 20.8 Å². The van der Waals surface area contributed by atoms with Crippen LogP contribution in [0.4, 0.5) is 0 Å². The lowest BCUT2D eigenvalue weighted by atomic mass is 9.49. The monoisotopic (exact) mass is 682 g/mol. The average Bonchev–Trinajstić information content (AvgIpc) is 3.08. The van der Waals surface area contributed by atoms with Crippen molar-refractivity contribution < 1.29 is 36.7 Å². The number of allylic oxidation sites excluding steroid dienone is 6. The minimum absolute atomic E-state index is 0.163. The Morgan fingerprint density at radius 1 is 0.638 bits per heavy atom. The van der Waals surface area contributed by atoms with Crippen molar-refractivity contribution in [2.24, 2.45) is 16.7 Å². The van der Waals surface area contributed by atoms with Gasteiger partial charge in [-0.1, -0.05) is 69.3 Å². The lowest BCUT2D eigenvalue weighted by Crippen LogP contribution is -2.64. The van der Waals surface area contributed by atoms with Gasteiger partial charge in [-0.3, -0.25) is 9.13 Å². The normalized spacial score (nSPS) is 29.1. The van der Waals surface area contributed by atoms with Crippen LogP contribution < -0.4 is 9.47 Å². The SMILES string of the molecule is COP(=O)(OC)C1(C2(C3(P(=O)(OC)OC)C=CC(Oc4ccccc4)=CC3)CC(C)CC(C)(C)C2)C=CC(Oc2ccccc2)=CC1. The predicted octanol–water partition coefficient (Wildman–Crippen LogP) is 10.1. The second kappa shape index (κ2) is 13.7. The molecule has 0 spiro atoms. The summed E-state index contributed by atoms with van der Waals surface area (Å²) in [5.74, 6) is 2.75. The summed E-state index contributed by atoms with van der Waals surface area (Å²) < 4.78 is 66.9. The van der Waals surface area contributed by atoms with Crippen molar-refractivity contribution in [2.75, 3.05) is 28.4 Å². The average molecular weight is 683 g/mol. The smallest absolute Gasteiger partial charge is 0.340 e. The van der Waals surface area contributed by atoms with E-state index in [4.69, 9.17) is 27.6 Å². The van der Waals surface area contributed by atoms with E-state index in [0.29, 0.717) is 35.9 Å². The summed E-state index contributed by atoms with van der Waals surface area (Å²) in [6.45, 7) is 6.63. The Balaban J connectivity index is 1.75. The van der Waals surface area contributed by atoms with Gasteiger partial charge in [-0.05, 0) is 92.0 Å². The second-order valence-corrected chi connectivity index (χ2v) is 18.7. The van der Waals surface area contributed by atoms with E-state index >= 15 is 9.13 Å². The van der Waals surface area contributed by atoms with Crippen LogP contribution in [0.2, 0.25) is 0 Å². The third-order valence-corrected chi connectivity index (χ3v) is 15.6. The Labute approximate surface area is 279 Å². The van der Waals surface area contributed by atoms with Gasteiger partial charge in [0.1, 0.15) is 33.3 Å². The largest absolute Gasteiger partial charge is 0.458 e. The predicted molar refractivity (Wildman–Crippen MR) is 186 cm³/mol. The molecular weight excluding hydrogens is 634 g/mol. The van der Waals surface area contributed by atoms with Crippen LogP contribution >= 0.6 is 15.2 Å². The van der Waals surface area contributed by atoms with E-state index in [-0.39, 0.29) is 24.2 Å². The van der Waals surface area contributed by atoms with Crippen LogP contribution in [0.25, 0.3) is 0 Å². The van der Waals surface area contributed by atoms with Gasteiger partial charge in [-0.15, -0.1) is 0 Å². The van der Waals surface area contributed by atoms with Crippen LogP contribution in [0.1, 0.15) is 52.9 Å². The fraction of sp³-hybridized carbons (Fsp3) is 0.459. The molecule has 2 aromatic carbocycles. The van der Waals surface area contributed by atoms with E-state index < -0.39 is 30.9 Å². The van der Waals surface area contributed by atoms with Crippen molar-refractivity contribution in [3.63, 3.8) is 0 Å². The Bertz CT molecular complexity index is 1510. The summed E-state index contributed by atoms with van der Waals surface area (Å²) in [4.78, 5) is 0. The highest BCUT2D eigenvalue weighted by molar-refractivity contribution is 7.57. The van der Waals surface area contributed by atoms with Crippen molar-refractivity contribution in [3.8, 4) is 11.5 Å². The fourth-order valence-corrected chi connectivity index (χ4v) is 13.3. The maximum Gasteiger partial charge on any atom is 0.340 e. The molecule has 0 aromatic heterocycles. The van der Waals surface area contributed by atoms with Crippen molar-refractivity contribution in [1.82, 2.24) is 0 Å². The first-order valence-corrected chi connectivity index (χ1v) is 19.1. The van der Waals surface area contributed by atoms with Gasteiger partial charge in [-0.2, -0.15) is 0 Å². The molecule has 5 rings (SSSR count). The Kier molecular flexibility index (Phi) is 10.4. The van der Waals surface area contributed by atoms with Crippen LogP contribution in [0.5, 0.6) is 11.5 Å². The van der Waals surface area contributed by atoms with E-state index in [0.717, 1.165) is 6.42 Å². The zero-order chi connectivity index (χ0) is 34.0. The summed E-state index contributed by atoms with van der Waals surface area (Å²) in [5, 5.41) is -2.58. The van der Waals surface area contributed by atoms with E-state index in [9.17, 15) is 0 Å². The molecule has 254 valence electrons. The summed E-state index contributed by atoms with van der Waals surface area (Å²) >= 11 is 0. The third-order valence-electron chi connectivity index (χ3n) is 10.2. The molecule has 3 aliphatic carbocycles. The molecule has 10 heteroatoms. The molecule has 0 amide bonds. The van der Waals surface area contributed by atoms with Crippen LogP contribution in [-0.2, 0) is 27.2 Å². The number of benzene rings is 2. The molecule has 1 saturated carbocycles. The van der Waals surface area contributed by atoms with Gasteiger partial charge < -0.3 is 27.6 Å². The van der Waals surface area contributed by atoms with E-state index in [1.54, 1.807) is 0 Å². The zero-order valence-corrected chi connectivity index (χ0v) is 30.3. The number of rotatable bonds is 12. The molecule has 0 aliphatic heterocycles. The third kappa shape index (κ3) is 6.18. The maximum absolute atomic E-state index is 15.3. The Morgan fingerprint density at radius 2 is 1.04 bits per heavy atom. The van der Waals surface area contributed by atoms with Gasteiger partial charge in [0.15, 0.2) is 0 Å². The summed E-state index contributed by atoms with van der Waals surface area (Å²) in [6, 6.07) is 19.0. The molecule has 47 heavy (non-hydrogen) atoms. The highest BCUT2D eigenvalue weighted by atomic mass is 31.2. The fourth-order valence-electron chi connectivity index (χ4n) is 8.67. The molecule has 0 heterocycles. The van der Waals surface area contributed by atoms with Gasteiger partial charge in [0, 0.05) is 33.9 Å². The molecule has 0 saturated heterocycles. The number of hydrogen-bond acceptors (Lipinski definition) is 8. The van der Waals surface area contributed by atoms with Crippen LogP contribution in [0.15, 0.2) is 109 Å². The van der Waals surface area contributed by atoms with Crippen molar-refractivity contribution in [2.45, 2.75) is 63.2 Å². The van der Waals surface area contributed by atoms with Crippen molar-refractivity contribution >= 4 is 15.2 Å². The van der Waals surface area contributed by atoms with Gasteiger partial charge in [-0.25, -0.2) is 0 Å². The first kappa shape index (κ1) is 35.6. The Morgan fingerprint density at radius 3 is 1.36 bits per heavy atom. The second-order valence-electron chi connectivity index (χ2n) is 13.6.